The van der Waals surface area contributed by atoms with Crippen LogP contribution in [0, 0.1) is 0 Å². The van der Waals surface area contributed by atoms with Crippen LogP contribution in [0.15, 0.2) is 42.5 Å². The highest BCUT2D eigenvalue weighted by molar-refractivity contribution is 7.89. The molecule has 0 aliphatic carbocycles. The molecule has 2 aromatic carbocycles. The molecule has 0 saturated heterocycles. The lowest BCUT2D eigenvalue weighted by Gasteiger charge is -2.12. The normalized spacial score (nSPS) is 11.2. The fraction of sp³-hybridized carbons (Fsp3) is 0.188. The minimum Gasteiger partial charge on any atom is -0.481 e. The monoisotopic (exact) mass is 354 g/mol. The Labute approximate surface area is 139 Å². The van der Waals surface area contributed by atoms with E-state index in [9.17, 15) is 13.2 Å². The van der Waals surface area contributed by atoms with Crippen molar-refractivity contribution in [2.45, 2.75) is 5.75 Å². The molecular weight excluding hydrogens is 340 g/mol. The molecule has 0 atom stereocenters. The summed E-state index contributed by atoms with van der Waals surface area (Å²) < 4.78 is 28.1. The first-order valence-corrected chi connectivity index (χ1v) is 9.09. The molecule has 0 saturated carbocycles. The number of carboxylic acid groups (broad SMARTS) is 1. The van der Waals surface area contributed by atoms with Crippen LogP contribution in [0.3, 0.4) is 0 Å². The lowest BCUT2D eigenvalue weighted by atomic mass is 10.0. The number of rotatable bonds is 6. The van der Waals surface area contributed by atoms with E-state index in [2.05, 4.69) is 0 Å². The molecule has 7 heteroatoms. The minimum atomic E-state index is -3.15. The van der Waals surface area contributed by atoms with E-state index in [4.69, 9.17) is 21.4 Å². The molecule has 0 fully saturated rings. The fourth-order valence-electron chi connectivity index (χ4n) is 2.12. The van der Waals surface area contributed by atoms with Crippen molar-refractivity contribution in [3.8, 4) is 16.9 Å². The quantitative estimate of drug-likeness (QED) is 0.862. The molecule has 2 aromatic rings. The highest BCUT2D eigenvalue weighted by Crippen LogP contribution is 2.33. The van der Waals surface area contributed by atoms with Gasteiger partial charge in [0.1, 0.15) is 5.75 Å². The summed E-state index contributed by atoms with van der Waals surface area (Å²) in [5.41, 5.74) is 1.94. The molecule has 23 heavy (non-hydrogen) atoms. The maximum Gasteiger partial charge on any atom is 0.341 e. The number of ether oxygens (including phenoxy) is 1. The maximum atomic E-state index is 11.4. The number of halogens is 1. The molecule has 1 N–H and O–H groups in total. The number of carboxylic acids is 1. The van der Waals surface area contributed by atoms with Crippen LogP contribution in [-0.2, 0) is 20.4 Å². The van der Waals surface area contributed by atoms with E-state index in [1.807, 2.05) is 0 Å². The first-order valence-electron chi connectivity index (χ1n) is 6.66. The van der Waals surface area contributed by atoms with Gasteiger partial charge in [0.05, 0.1) is 5.75 Å². The summed E-state index contributed by atoms with van der Waals surface area (Å²) in [5.74, 6) is -0.794. The van der Waals surface area contributed by atoms with Crippen molar-refractivity contribution in [1.29, 1.82) is 0 Å². The van der Waals surface area contributed by atoms with Gasteiger partial charge < -0.3 is 9.84 Å². The summed E-state index contributed by atoms with van der Waals surface area (Å²) in [7, 11) is -3.15. The molecule has 5 nitrogen and oxygen atoms in total. The van der Waals surface area contributed by atoms with Gasteiger partial charge in [-0.2, -0.15) is 0 Å². The number of sulfone groups is 1. The SMILES string of the molecule is CS(=O)(=O)Cc1cccc(-c2cc(Cl)ccc2OCC(=O)O)c1. The maximum absolute atomic E-state index is 11.4. The van der Waals surface area contributed by atoms with Gasteiger partial charge >= 0.3 is 5.97 Å². The smallest absolute Gasteiger partial charge is 0.341 e. The Hall–Kier alpha value is -2.05. The second-order valence-corrected chi connectivity index (χ2v) is 7.67. The fourth-order valence-corrected chi connectivity index (χ4v) is 3.08. The zero-order chi connectivity index (χ0) is 17.0. The first-order chi connectivity index (χ1) is 10.7. The predicted molar refractivity (Wildman–Crippen MR) is 88.6 cm³/mol. The van der Waals surface area contributed by atoms with Crippen LogP contribution in [0.2, 0.25) is 5.02 Å². The van der Waals surface area contributed by atoms with Crippen LogP contribution < -0.4 is 4.74 Å². The molecule has 0 spiro atoms. The molecular formula is C16H15ClO5S. The molecule has 0 aromatic heterocycles. The summed E-state index contributed by atoms with van der Waals surface area (Å²) in [4.78, 5) is 10.7. The zero-order valence-electron chi connectivity index (χ0n) is 12.3. The highest BCUT2D eigenvalue weighted by atomic mass is 35.5. The van der Waals surface area contributed by atoms with Gasteiger partial charge in [-0.1, -0.05) is 29.8 Å². The van der Waals surface area contributed by atoms with Gasteiger partial charge in [-0.25, -0.2) is 13.2 Å². The van der Waals surface area contributed by atoms with Crippen molar-refractivity contribution in [3.05, 3.63) is 53.1 Å². The van der Waals surface area contributed by atoms with Gasteiger partial charge in [0.25, 0.3) is 0 Å². The average molecular weight is 355 g/mol. The van der Waals surface area contributed by atoms with Crippen molar-refractivity contribution in [2.75, 3.05) is 12.9 Å². The Kier molecular flexibility index (Phi) is 5.28. The summed E-state index contributed by atoms with van der Waals surface area (Å²) in [6, 6.07) is 11.8. The third kappa shape index (κ3) is 5.26. The van der Waals surface area contributed by atoms with E-state index in [-0.39, 0.29) is 5.75 Å². The third-order valence-electron chi connectivity index (χ3n) is 2.96. The van der Waals surface area contributed by atoms with Crippen molar-refractivity contribution in [3.63, 3.8) is 0 Å². The molecule has 122 valence electrons. The van der Waals surface area contributed by atoms with Gasteiger partial charge in [0, 0.05) is 16.8 Å². The topological polar surface area (TPSA) is 80.7 Å². The van der Waals surface area contributed by atoms with Gasteiger partial charge in [0.15, 0.2) is 16.4 Å². The molecule has 0 radical (unpaired) electrons. The lowest BCUT2D eigenvalue weighted by Crippen LogP contribution is -2.10. The third-order valence-corrected chi connectivity index (χ3v) is 4.05. The van der Waals surface area contributed by atoms with E-state index in [0.29, 0.717) is 27.5 Å². The van der Waals surface area contributed by atoms with E-state index in [0.717, 1.165) is 0 Å². The second kappa shape index (κ2) is 7.02. The Morgan fingerprint density at radius 3 is 2.61 bits per heavy atom. The number of hydrogen-bond acceptors (Lipinski definition) is 4. The van der Waals surface area contributed by atoms with Gasteiger partial charge in [0.2, 0.25) is 0 Å². The van der Waals surface area contributed by atoms with Crippen LogP contribution in [0.25, 0.3) is 11.1 Å². The van der Waals surface area contributed by atoms with E-state index >= 15 is 0 Å². The van der Waals surface area contributed by atoms with Crippen molar-refractivity contribution < 1.29 is 23.1 Å². The molecule has 0 amide bonds. The summed E-state index contributed by atoms with van der Waals surface area (Å²) in [5, 5.41) is 9.21. The minimum absolute atomic E-state index is 0.0767. The van der Waals surface area contributed by atoms with E-state index < -0.39 is 22.4 Å². The number of hydrogen-bond donors (Lipinski definition) is 1. The lowest BCUT2D eigenvalue weighted by molar-refractivity contribution is -0.139. The molecule has 0 unspecified atom stereocenters. The zero-order valence-corrected chi connectivity index (χ0v) is 13.9. The summed E-state index contributed by atoms with van der Waals surface area (Å²) in [6.07, 6.45) is 1.17. The Morgan fingerprint density at radius 1 is 1.22 bits per heavy atom. The molecule has 2 rings (SSSR count). The molecule has 0 heterocycles. The predicted octanol–water partition coefficient (Wildman–Crippen LogP) is 3.02. The Balaban J connectivity index is 2.42. The van der Waals surface area contributed by atoms with E-state index in [1.165, 1.54) is 6.26 Å². The average Bonchev–Trinajstić information content (AvgIpc) is 2.44. The number of carbonyl (C=O) groups is 1. The van der Waals surface area contributed by atoms with Crippen molar-refractivity contribution in [2.24, 2.45) is 0 Å². The largest absolute Gasteiger partial charge is 0.481 e. The highest BCUT2D eigenvalue weighted by Gasteiger charge is 2.11. The number of aliphatic carboxylic acids is 1. The van der Waals surface area contributed by atoms with Crippen LogP contribution in [-0.4, -0.2) is 32.4 Å². The van der Waals surface area contributed by atoms with Crippen LogP contribution in [0.1, 0.15) is 5.56 Å². The Bertz CT molecular complexity index is 830. The van der Waals surface area contributed by atoms with Crippen molar-refractivity contribution >= 4 is 27.4 Å². The van der Waals surface area contributed by atoms with Crippen LogP contribution >= 0.6 is 11.6 Å². The molecule has 0 aliphatic heterocycles. The van der Waals surface area contributed by atoms with Crippen LogP contribution in [0.5, 0.6) is 5.75 Å². The standard InChI is InChI=1S/C16H15ClO5S/c1-23(20,21)10-11-3-2-4-12(7-11)14-8-13(17)5-6-15(14)22-9-16(18)19/h2-8H,9-10H2,1H3,(H,18,19). The Morgan fingerprint density at radius 2 is 1.96 bits per heavy atom. The van der Waals surface area contributed by atoms with Gasteiger partial charge in [-0.15, -0.1) is 0 Å². The number of benzene rings is 2. The second-order valence-electron chi connectivity index (χ2n) is 5.09. The molecule has 0 bridgehead atoms. The molecule has 0 aliphatic rings. The van der Waals surface area contributed by atoms with Crippen molar-refractivity contribution in [1.82, 2.24) is 0 Å². The summed E-state index contributed by atoms with van der Waals surface area (Å²) >= 11 is 6.01. The van der Waals surface area contributed by atoms with E-state index in [1.54, 1.807) is 42.5 Å². The van der Waals surface area contributed by atoms with Gasteiger partial charge in [-0.05, 0) is 35.4 Å². The first kappa shape index (κ1) is 17.3. The van der Waals surface area contributed by atoms with Crippen LogP contribution in [0.4, 0.5) is 0 Å². The summed E-state index contributed by atoms with van der Waals surface area (Å²) in [6.45, 7) is -0.475. The van der Waals surface area contributed by atoms with Gasteiger partial charge in [-0.3, -0.25) is 0 Å².